The van der Waals surface area contributed by atoms with Crippen LogP contribution in [0.4, 0.5) is 0 Å². The highest BCUT2D eigenvalue weighted by atomic mass is 16.4. The van der Waals surface area contributed by atoms with Gasteiger partial charge in [0.2, 0.25) is 5.43 Å². The Bertz CT molecular complexity index is 1040. The minimum Gasteiger partial charge on any atom is -0.507 e. The van der Waals surface area contributed by atoms with Crippen LogP contribution in [0.3, 0.4) is 0 Å². The van der Waals surface area contributed by atoms with Crippen molar-refractivity contribution >= 4 is 33.0 Å². The van der Waals surface area contributed by atoms with Gasteiger partial charge in [0.1, 0.15) is 16.7 Å². The van der Waals surface area contributed by atoms with Crippen molar-refractivity contribution in [3.8, 4) is 5.75 Å². The smallest absolute Gasteiger partial charge is 0.204 e. The van der Waals surface area contributed by atoms with Crippen molar-refractivity contribution in [3.63, 3.8) is 0 Å². The Balaban J connectivity index is 2.38. The highest BCUT2D eigenvalue weighted by molar-refractivity contribution is 6.05. The Morgan fingerprint density at radius 2 is 1.95 bits per heavy atom. The minimum atomic E-state index is -0.276. The van der Waals surface area contributed by atoms with E-state index in [-0.39, 0.29) is 22.1 Å². The molecule has 0 radical (unpaired) electrons. The van der Waals surface area contributed by atoms with Crippen LogP contribution in [0.25, 0.3) is 33.0 Å². The quantitative estimate of drug-likeness (QED) is 0.495. The van der Waals surface area contributed by atoms with Crippen LogP contribution >= 0.6 is 0 Å². The topological polar surface area (TPSA) is 76.5 Å². The Hall–Kier alpha value is -2.82. The van der Waals surface area contributed by atoms with E-state index < -0.39 is 0 Å². The zero-order valence-electron chi connectivity index (χ0n) is 10.5. The van der Waals surface area contributed by atoms with Gasteiger partial charge in [0.15, 0.2) is 22.6 Å². The number of benzene rings is 2. The fourth-order valence-electron chi connectivity index (χ4n) is 2.44. The second-order valence-electron chi connectivity index (χ2n) is 4.61. The van der Waals surface area contributed by atoms with Crippen LogP contribution in [0, 0.1) is 6.92 Å². The third-order valence-corrected chi connectivity index (χ3v) is 3.30. The molecule has 4 rings (SSSR count). The molecule has 4 aromatic rings. The number of phenols is 1. The maximum Gasteiger partial charge on any atom is 0.204 e. The van der Waals surface area contributed by atoms with Crippen molar-refractivity contribution in [1.29, 1.82) is 0 Å². The number of rotatable bonds is 0. The monoisotopic (exact) mass is 267 g/mol. The van der Waals surface area contributed by atoms with Gasteiger partial charge in [0.25, 0.3) is 0 Å². The van der Waals surface area contributed by atoms with Crippen molar-refractivity contribution < 1.29 is 13.9 Å². The van der Waals surface area contributed by atoms with E-state index in [4.69, 9.17) is 8.83 Å². The average Bonchev–Trinajstić information content (AvgIpc) is 2.79. The zero-order chi connectivity index (χ0) is 13.9. The predicted octanol–water partition coefficient (Wildman–Crippen LogP) is 3.10. The molecular formula is C15H9NO4. The van der Waals surface area contributed by atoms with Gasteiger partial charge in [0.05, 0.1) is 5.39 Å². The molecule has 0 aliphatic rings. The van der Waals surface area contributed by atoms with E-state index in [2.05, 4.69) is 4.98 Å². The Morgan fingerprint density at radius 1 is 1.15 bits per heavy atom. The van der Waals surface area contributed by atoms with Gasteiger partial charge in [-0.15, -0.1) is 0 Å². The zero-order valence-corrected chi connectivity index (χ0v) is 10.5. The van der Waals surface area contributed by atoms with Crippen molar-refractivity contribution in [3.05, 3.63) is 46.4 Å². The van der Waals surface area contributed by atoms with Gasteiger partial charge in [0, 0.05) is 13.0 Å². The minimum absolute atomic E-state index is 0.129. The molecule has 98 valence electrons. The number of hydrogen-bond acceptors (Lipinski definition) is 5. The largest absolute Gasteiger partial charge is 0.507 e. The fourth-order valence-corrected chi connectivity index (χ4v) is 2.44. The second-order valence-corrected chi connectivity index (χ2v) is 4.61. The number of nitrogens with zero attached hydrogens (tertiary/aromatic N) is 1. The van der Waals surface area contributed by atoms with Crippen LogP contribution in [0.1, 0.15) is 5.89 Å². The molecule has 0 amide bonds. The van der Waals surface area contributed by atoms with E-state index in [0.29, 0.717) is 28.0 Å². The molecule has 5 nitrogen and oxygen atoms in total. The van der Waals surface area contributed by atoms with Gasteiger partial charge in [-0.3, -0.25) is 4.79 Å². The van der Waals surface area contributed by atoms with E-state index in [1.54, 1.807) is 31.2 Å². The summed E-state index contributed by atoms with van der Waals surface area (Å²) in [5, 5.41) is 10.6. The number of aryl methyl sites for hydroxylation is 1. The van der Waals surface area contributed by atoms with Gasteiger partial charge in [-0.2, -0.15) is 0 Å². The van der Waals surface area contributed by atoms with Crippen molar-refractivity contribution in [1.82, 2.24) is 4.98 Å². The molecule has 2 aromatic carbocycles. The van der Waals surface area contributed by atoms with E-state index in [9.17, 15) is 9.90 Å². The molecular weight excluding hydrogens is 258 g/mol. The first-order valence-electron chi connectivity index (χ1n) is 6.10. The lowest BCUT2D eigenvalue weighted by molar-refractivity contribution is 0.478. The Morgan fingerprint density at radius 3 is 2.80 bits per heavy atom. The van der Waals surface area contributed by atoms with Crippen molar-refractivity contribution in [2.45, 2.75) is 6.92 Å². The summed E-state index contributed by atoms with van der Waals surface area (Å²) in [6.07, 6.45) is 0. The van der Waals surface area contributed by atoms with Crippen molar-refractivity contribution in [2.24, 2.45) is 0 Å². The van der Waals surface area contributed by atoms with E-state index in [1.807, 2.05) is 0 Å². The highest BCUT2D eigenvalue weighted by Crippen LogP contribution is 2.32. The highest BCUT2D eigenvalue weighted by Gasteiger charge is 2.17. The summed E-state index contributed by atoms with van der Waals surface area (Å²) in [4.78, 5) is 16.7. The summed E-state index contributed by atoms with van der Waals surface area (Å²) >= 11 is 0. The number of hydrogen-bond donors (Lipinski definition) is 1. The van der Waals surface area contributed by atoms with Crippen LogP contribution < -0.4 is 5.43 Å². The number of aromatic nitrogens is 1. The number of phenolic OH excluding ortho intramolecular Hbond substituents is 1. The summed E-state index contributed by atoms with van der Waals surface area (Å²) in [7, 11) is 0. The first-order chi connectivity index (χ1) is 9.65. The molecule has 0 aliphatic carbocycles. The third kappa shape index (κ3) is 1.31. The van der Waals surface area contributed by atoms with E-state index in [0.717, 1.165) is 0 Å². The molecule has 2 aromatic heterocycles. The SMILES string of the molecule is Cc1nc2c(cc(O)c3c(=O)c4ccccc4oc32)o1. The molecule has 0 aliphatic heterocycles. The van der Waals surface area contributed by atoms with Crippen LogP contribution in [-0.4, -0.2) is 10.1 Å². The van der Waals surface area contributed by atoms with Crippen LogP contribution in [0.2, 0.25) is 0 Å². The number of aromatic hydroxyl groups is 1. The summed E-state index contributed by atoms with van der Waals surface area (Å²) in [5.74, 6) is 0.283. The predicted molar refractivity (Wildman–Crippen MR) is 74.0 cm³/mol. The molecule has 0 saturated heterocycles. The lowest BCUT2D eigenvalue weighted by atomic mass is 10.1. The molecule has 1 N–H and O–H groups in total. The number of oxazole rings is 1. The van der Waals surface area contributed by atoms with E-state index >= 15 is 0 Å². The van der Waals surface area contributed by atoms with Gasteiger partial charge in [-0.05, 0) is 12.1 Å². The van der Waals surface area contributed by atoms with Gasteiger partial charge in [-0.1, -0.05) is 12.1 Å². The van der Waals surface area contributed by atoms with Crippen LogP contribution in [0.15, 0.2) is 44.0 Å². The molecule has 0 fully saturated rings. The summed E-state index contributed by atoms with van der Waals surface area (Å²) in [6.45, 7) is 1.70. The van der Waals surface area contributed by atoms with Crippen LogP contribution in [0.5, 0.6) is 5.75 Å². The van der Waals surface area contributed by atoms with E-state index in [1.165, 1.54) is 6.07 Å². The average molecular weight is 267 g/mol. The summed E-state index contributed by atoms with van der Waals surface area (Å²) in [5.41, 5.74) is 1.27. The lowest BCUT2D eigenvalue weighted by Gasteiger charge is -2.03. The first-order valence-corrected chi connectivity index (χ1v) is 6.10. The summed E-state index contributed by atoms with van der Waals surface area (Å²) < 4.78 is 11.1. The number of para-hydroxylation sites is 1. The molecule has 5 heteroatoms. The number of fused-ring (bicyclic) bond motifs is 4. The molecule has 2 heterocycles. The van der Waals surface area contributed by atoms with Gasteiger partial charge < -0.3 is 13.9 Å². The second kappa shape index (κ2) is 3.60. The normalized spacial score (nSPS) is 11.7. The summed E-state index contributed by atoms with van der Waals surface area (Å²) in [6, 6.07) is 8.30. The molecule has 0 saturated carbocycles. The maximum absolute atomic E-state index is 12.5. The van der Waals surface area contributed by atoms with Crippen LogP contribution in [-0.2, 0) is 0 Å². The standard InChI is InChI=1S/C15H9NO4/c1-7-16-13-11(19-7)6-9(17)12-14(18)8-4-2-3-5-10(8)20-15(12)13/h2-6,17H,1H3. The molecule has 0 atom stereocenters. The molecule has 0 bridgehead atoms. The Kier molecular flexibility index (Phi) is 1.99. The van der Waals surface area contributed by atoms with Gasteiger partial charge in [-0.25, -0.2) is 4.98 Å². The Labute approximate surface area is 112 Å². The maximum atomic E-state index is 12.5. The lowest BCUT2D eigenvalue weighted by Crippen LogP contribution is -2.02. The molecule has 0 spiro atoms. The molecule has 20 heavy (non-hydrogen) atoms. The van der Waals surface area contributed by atoms with Gasteiger partial charge >= 0.3 is 0 Å². The fraction of sp³-hybridized carbons (Fsp3) is 0.0667. The first kappa shape index (κ1) is 11.0. The molecule has 0 unspecified atom stereocenters. The third-order valence-electron chi connectivity index (χ3n) is 3.30. The van der Waals surface area contributed by atoms with Crippen molar-refractivity contribution in [2.75, 3.05) is 0 Å².